The van der Waals surface area contributed by atoms with Gasteiger partial charge in [-0.25, -0.2) is 8.42 Å². The molecule has 0 fully saturated rings. The normalized spacial score (nSPS) is 12.1. The van der Waals surface area contributed by atoms with Crippen LogP contribution in [-0.4, -0.2) is 44.3 Å². The van der Waals surface area contributed by atoms with Crippen molar-refractivity contribution in [1.82, 2.24) is 10.2 Å². The topological polar surface area (TPSA) is 86.8 Å². The number of halogens is 3. The summed E-state index contributed by atoms with van der Waals surface area (Å²) in [7, 11) is -4.20. The van der Waals surface area contributed by atoms with E-state index < -0.39 is 28.5 Å². The summed E-state index contributed by atoms with van der Waals surface area (Å²) in [5.41, 5.74) is 1.30. The van der Waals surface area contributed by atoms with Crippen LogP contribution < -0.4 is 9.62 Å². The quantitative estimate of drug-likeness (QED) is 0.234. The summed E-state index contributed by atoms with van der Waals surface area (Å²) in [5.74, 6) is -0.991. The van der Waals surface area contributed by atoms with Gasteiger partial charge in [0, 0.05) is 33.7 Å². The molecule has 11 heteroatoms. The van der Waals surface area contributed by atoms with Crippen LogP contribution in [0.2, 0.25) is 15.1 Å². The first-order valence-corrected chi connectivity index (χ1v) is 15.4. The highest BCUT2D eigenvalue weighted by atomic mass is 35.5. The van der Waals surface area contributed by atoms with Gasteiger partial charge >= 0.3 is 0 Å². The average Bonchev–Trinajstić information content (AvgIpc) is 2.93. The number of carbonyl (C=O) groups excluding carboxylic acids is 2. The molecule has 0 aliphatic heterocycles. The lowest BCUT2D eigenvalue weighted by atomic mass is 10.1. The molecule has 1 N–H and O–H groups in total. The van der Waals surface area contributed by atoms with Gasteiger partial charge in [-0.05, 0) is 62.2 Å². The molecule has 0 radical (unpaired) electrons. The summed E-state index contributed by atoms with van der Waals surface area (Å²) in [5, 5.41) is 3.80. The number of nitrogens with zero attached hydrogens (tertiary/aromatic N) is 2. The van der Waals surface area contributed by atoms with Gasteiger partial charge in [-0.1, -0.05) is 78.5 Å². The van der Waals surface area contributed by atoms with Crippen molar-refractivity contribution < 1.29 is 18.0 Å². The molecule has 0 aromatic heterocycles. The molecular formula is C29H32Cl3N3O4S. The number of nitrogens with one attached hydrogen (secondary N) is 1. The molecule has 0 heterocycles. The number of benzene rings is 3. The summed E-state index contributed by atoms with van der Waals surface area (Å²) >= 11 is 19.1. The molecule has 0 bridgehead atoms. The van der Waals surface area contributed by atoms with Crippen LogP contribution in [0, 0.1) is 6.92 Å². The Bertz CT molecular complexity index is 1430. The van der Waals surface area contributed by atoms with Crippen molar-refractivity contribution in [2.24, 2.45) is 0 Å². The van der Waals surface area contributed by atoms with Gasteiger partial charge in [0.2, 0.25) is 11.8 Å². The van der Waals surface area contributed by atoms with Crippen molar-refractivity contribution in [2.75, 3.05) is 17.4 Å². The molecule has 2 amide bonds. The highest BCUT2D eigenvalue weighted by Crippen LogP contribution is 2.31. The Labute approximate surface area is 251 Å². The zero-order valence-electron chi connectivity index (χ0n) is 22.5. The van der Waals surface area contributed by atoms with Crippen molar-refractivity contribution >= 4 is 62.3 Å². The minimum atomic E-state index is -4.20. The molecule has 0 aliphatic carbocycles. The van der Waals surface area contributed by atoms with E-state index in [-0.39, 0.29) is 23.0 Å². The summed E-state index contributed by atoms with van der Waals surface area (Å²) in [6, 6.07) is 16.7. The Kier molecular flexibility index (Phi) is 11.3. The summed E-state index contributed by atoms with van der Waals surface area (Å²) in [6.45, 7) is 5.08. The van der Waals surface area contributed by atoms with E-state index in [0.717, 1.165) is 17.1 Å². The number of carbonyl (C=O) groups is 2. The molecule has 7 nitrogen and oxygen atoms in total. The zero-order chi connectivity index (χ0) is 29.4. The predicted molar refractivity (Wildman–Crippen MR) is 162 cm³/mol. The van der Waals surface area contributed by atoms with Crippen LogP contribution in [0.4, 0.5) is 5.69 Å². The van der Waals surface area contributed by atoms with Crippen LogP contribution in [-0.2, 0) is 26.2 Å². The van der Waals surface area contributed by atoms with Gasteiger partial charge in [-0.3, -0.25) is 13.9 Å². The molecule has 3 aromatic rings. The van der Waals surface area contributed by atoms with Gasteiger partial charge in [-0.15, -0.1) is 0 Å². The number of rotatable bonds is 12. The first-order chi connectivity index (χ1) is 19.0. The van der Waals surface area contributed by atoms with Crippen molar-refractivity contribution in [3.8, 4) is 0 Å². The fourth-order valence-electron chi connectivity index (χ4n) is 4.06. The van der Waals surface area contributed by atoms with E-state index in [0.29, 0.717) is 32.7 Å². The number of sulfonamides is 1. The minimum Gasteiger partial charge on any atom is -0.354 e. The van der Waals surface area contributed by atoms with E-state index in [2.05, 4.69) is 5.32 Å². The number of hydrogen-bond acceptors (Lipinski definition) is 4. The van der Waals surface area contributed by atoms with Crippen LogP contribution in [0.15, 0.2) is 71.6 Å². The second-order valence-electron chi connectivity index (χ2n) is 9.30. The van der Waals surface area contributed by atoms with E-state index >= 15 is 0 Å². The molecule has 0 unspecified atom stereocenters. The molecule has 1 atom stereocenters. The zero-order valence-corrected chi connectivity index (χ0v) is 25.6. The van der Waals surface area contributed by atoms with E-state index in [1.807, 2.05) is 6.92 Å². The smallest absolute Gasteiger partial charge is 0.264 e. The Balaban J connectivity index is 2.07. The molecule has 40 heavy (non-hydrogen) atoms. The monoisotopic (exact) mass is 623 g/mol. The minimum absolute atomic E-state index is 0.00762. The van der Waals surface area contributed by atoms with Gasteiger partial charge in [0.25, 0.3) is 10.0 Å². The molecule has 0 spiro atoms. The third-order valence-corrected chi connectivity index (χ3v) is 9.15. The van der Waals surface area contributed by atoms with Crippen molar-refractivity contribution in [1.29, 1.82) is 0 Å². The van der Waals surface area contributed by atoms with Gasteiger partial charge < -0.3 is 10.2 Å². The van der Waals surface area contributed by atoms with Crippen LogP contribution >= 0.6 is 34.8 Å². The summed E-state index contributed by atoms with van der Waals surface area (Å²) < 4.78 is 28.8. The van der Waals surface area contributed by atoms with Crippen LogP contribution in [0.1, 0.15) is 37.8 Å². The van der Waals surface area contributed by atoms with Gasteiger partial charge in [0.1, 0.15) is 12.6 Å². The number of anilines is 1. The lowest BCUT2D eigenvalue weighted by Crippen LogP contribution is -2.51. The maximum Gasteiger partial charge on any atom is 0.264 e. The SMILES string of the molecule is CCCCNC(=O)[C@H](C)N(Cc1c(Cl)cccc1Cl)C(=O)CN(c1cc(Cl)ccc1C)S(=O)(=O)c1ccccc1. The molecule has 0 saturated carbocycles. The molecule has 3 rings (SSSR count). The van der Waals surface area contributed by atoms with Gasteiger partial charge in [0.05, 0.1) is 10.6 Å². The Hall–Kier alpha value is -2.78. The fourth-order valence-corrected chi connectivity index (χ4v) is 6.23. The summed E-state index contributed by atoms with van der Waals surface area (Å²) in [6.07, 6.45) is 1.66. The van der Waals surface area contributed by atoms with E-state index in [9.17, 15) is 18.0 Å². The number of amides is 2. The largest absolute Gasteiger partial charge is 0.354 e. The Morgan fingerprint density at radius 3 is 2.23 bits per heavy atom. The average molecular weight is 625 g/mol. The van der Waals surface area contributed by atoms with E-state index in [4.69, 9.17) is 34.8 Å². The lowest BCUT2D eigenvalue weighted by molar-refractivity contribution is -0.139. The maximum absolute atomic E-state index is 14.0. The fraction of sp³-hybridized carbons (Fsp3) is 0.310. The number of hydrogen-bond donors (Lipinski definition) is 1. The van der Waals surface area contributed by atoms with Crippen molar-refractivity contribution in [3.05, 3.63) is 92.9 Å². The predicted octanol–water partition coefficient (Wildman–Crippen LogP) is 6.48. The Morgan fingerprint density at radius 2 is 1.60 bits per heavy atom. The lowest BCUT2D eigenvalue weighted by Gasteiger charge is -2.32. The third kappa shape index (κ3) is 7.69. The molecule has 3 aromatic carbocycles. The highest BCUT2D eigenvalue weighted by molar-refractivity contribution is 7.92. The van der Waals surface area contributed by atoms with E-state index in [1.54, 1.807) is 62.4 Å². The van der Waals surface area contributed by atoms with Crippen LogP contribution in [0.5, 0.6) is 0 Å². The summed E-state index contributed by atoms with van der Waals surface area (Å²) in [4.78, 5) is 28.4. The molecule has 214 valence electrons. The second-order valence-corrected chi connectivity index (χ2v) is 12.4. The van der Waals surface area contributed by atoms with Crippen LogP contribution in [0.3, 0.4) is 0 Å². The molecule has 0 saturated heterocycles. The van der Waals surface area contributed by atoms with Crippen LogP contribution in [0.25, 0.3) is 0 Å². The molecule has 0 aliphatic rings. The maximum atomic E-state index is 14.0. The van der Waals surface area contributed by atoms with E-state index in [1.165, 1.54) is 23.1 Å². The number of aryl methyl sites for hydroxylation is 1. The first-order valence-electron chi connectivity index (χ1n) is 12.8. The first kappa shape index (κ1) is 31.7. The Morgan fingerprint density at radius 1 is 0.950 bits per heavy atom. The second kappa shape index (κ2) is 14.2. The molecular weight excluding hydrogens is 593 g/mol. The number of unbranched alkanes of at least 4 members (excludes halogenated alkanes) is 1. The van der Waals surface area contributed by atoms with Crippen molar-refractivity contribution in [3.63, 3.8) is 0 Å². The van der Waals surface area contributed by atoms with Crippen molar-refractivity contribution in [2.45, 2.75) is 51.1 Å². The van der Waals surface area contributed by atoms with Gasteiger partial charge in [0.15, 0.2) is 0 Å². The third-order valence-electron chi connectivity index (χ3n) is 6.44. The van der Waals surface area contributed by atoms with Gasteiger partial charge in [-0.2, -0.15) is 0 Å². The highest BCUT2D eigenvalue weighted by Gasteiger charge is 2.33. The standard InChI is InChI=1S/C29H32Cl3N3O4S/c1-4-5-16-33-29(37)21(3)34(18-24-25(31)12-9-13-26(24)32)28(36)19-35(27-17-22(30)15-14-20(27)2)40(38,39)23-10-7-6-8-11-23/h6-15,17,21H,4-5,16,18-19H2,1-3H3,(H,33,37)/t21-/m0/s1.